The Labute approximate surface area is 183 Å². The molecule has 0 aliphatic rings. The molecule has 1 aromatic heterocycles. The molecule has 170 valence electrons. The predicted octanol–water partition coefficient (Wildman–Crippen LogP) is 3.91. The summed E-state index contributed by atoms with van der Waals surface area (Å²) in [5.74, 6) is -3.33. The van der Waals surface area contributed by atoms with Gasteiger partial charge in [0, 0.05) is 12.1 Å². The summed E-state index contributed by atoms with van der Waals surface area (Å²) in [5.41, 5.74) is -0.346. The quantitative estimate of drug-likeness (QED) is 0.426. The van der Waals surface area contributed by atoms with Crippen molar-refractivity contribution in [3.63, 3.8) is 0 Å². The van der Waals surface area contributed by atoms with Gasteiger partial charge < -0.3 is 20.5 Å². The smallest absolute Gasteiger partial charge is 0.344 e. The summed E-state index contributed by atoms with van der Waals surface area (Å²) in [6.07, 6.45) is 0.682. The van der Waals surface area contributed by atoms with Gasteiger partial charge in [-0.1, -0.05) is 0 Å². The van der Waals surface area contributed by atoms with Gasteiger partial charge in [-0.2, -0.15) is 4.37 Å². The number of rotatable bonds is 9. The van der Waals surface area contributed by atoms with Crippen molar-refractivity contribution in [1.29, 1.82) is 0 Å². The van der Waals surface area contributed by atoms with E-state index in [1.165, 1.54) is 0 Å². The zero-order valence-electron chi connectivity index (χ0n) is 17.8. The Morgan fingerprint density at radius 2 is 1.84 bits per heavy atom. The van der Waals surface area contributed by atoms with Gasteiger partial charge in [-0.05, 0) is 69.9 Å². The van der Waals surface area contributed by atoms with Crippen molar-refractivity contribution in [3.05, 3.63) is 40.5 Å². The fourth-order valence-corrected chi connectivity index (χ4v) is 3.28. The maximum absolute atomic E-state index is 14.0. The second-order valence-corrected chi connectivity index (χ2v) is 8.68. The van der Waals surface area contributed by atoms with Crippen molar-refractivity contribution < 1.29 is 28.2 Å². The zero-order chi connectivity index (χ0) is 23.2. The second kappa shape index (κ2) is 10.5. The first-order chi connectivity index (χ1) is 14.5. The van der Waals surface area contributed by atoms with Crippen molar-refractivity contribution in [2.75, 3.05) is 18.4 Å². The van der Waals surface area contributed by atoms with Crippen LogP contribution in [0.5, 0.6) is 5.88 Å². The van der Waals surface area contributed by atoms with Crippen LogP contribution in [0, 0.1) is 18.6 Å². The van der Waals surface area contributed by atoms with Crippen molar-refractivity contribution in [1.82, 2.24) is 15.0 Å². The number of nitrogens with zero attached hydrogens (tertiary/aromatic N) is 1. The molecule has 0 saturated heterocycles. The van der Waals surface area contributed by atoms with Crippen LogP contribution in [0.2, 0.25) is 0 Å². The molecule has 1 heterocycles. The Balaban J connectivity index is 1.97. The zero-order valence-corrected chi connectivity index (χ0v) is 18.6. The second-order valence-electron chi connectivity index (χ2n) is 7.90. The number of aromatic nitrogens is 1. The highest BCUT2D eigenvalue weighted by molar-refractivity contribution is 7.11. The van der Waals surface area contributed by atoms with Gasteiger partial charge in [0.05, 0.1) is 5.56 Å². The van der Waals surface area contributed by atoms with E-state index in [9.17, 15) is 23.5 Å². The summed E-state index contributed by atoms with van der Waals surface area (Å²) in [6, 6.07) is 1.70. The molecule has 0 saturated carbocycles. The number of ether oxygens (including phenoxy) is 1. The van der Waals surface area contributed by atoms with Crippen LogP contribution in [0.1, 0.15) is 48.7 Å². The third-order valence-electron chi connectivity index (χ3n) is 4.03. The molecule has 2 aromatic rings. The summed E-state index contributed by atoms with van der Waals surface area (Å²) in [7, 11) is 0. The number of anilines is 1. The van der Waals surface area contributed by atoms with Crippen molar-refractivity contribution in [2.24, 2.45) is 0 Å². The van der Waals surface area contributed by atoms with Gasteiger partial charge in [-0.25, -0.2) is 18.4 Å². The fraction of sp³-hybridized carbons (Fsp3) is 0.450. The first-order valence-corrected chi connectivity index (χ1v) is 10.4. The van der Waals surface area contributed by atoms with Crippen molar-refractivity contribution in [3.8, 4) is 5.88 Å². The maximum atomic E-state index is 14.0. The molecule has 11 heteroatoms. The molecule has 4 N–H and O–H groups in total. The van der Waals surface area contributed by atoms with Crippen LogP contribution >= 0.6 is 11.5 Å². The molecule has 0 radical (unpaired) electrons. The van der Waals surface area contributed by atoms with E-state index in [0.29, 0.717) is 36.6 Å². The number of aromatic carboxylic acids is 1. The van der Waals surface area contributed by atoms with E-state index >= 15 is 0 Å². The number of halogens is 2. The van der Waals surface area contributed by atoms with E-state index in [0.717, 1.165) is 12.1 Å². The lowest BCUT2D eigenvalue weighted by Gasteiger charge is -2.20. The fourth-order valence-electron chi connectivity index (χ4n) is 2.56. The SMILES string of the molecule is Cc1cc(F)c(COc2nsc(NC(=O)NCCCNC(C)(C)C)c2C(=O)O)c(F)c1. The predicted molar refractivity (Wildman–Crippen MR) is 114 cm³/mol. The number of carboxylic acids is 1. The minimum atomic E-state index is -1.39. The third kappa shape index (κ3) is 7.44. The summed E-state index contributed by atoms with van der Waals surface area (Å²) < 4.78 is 37.0. The van der Waals surface area contributed by atoms with E-state index in [1.807, 2.05) is 20.8 Å². The number of amides is 2. The number of benzene rings is 1. The van der Waals surface area contributed by atoms with Crippen molar-refractivity contribution in [2.45, 2.75) is 46.3 Å². The minimum Gasteiger partial charge on any atom is -0.477 e. The van der Waals surface area contributed by atoms with Crippen LogP contribution < -0.4 is 20.7 Å². The number of hydrogen-bond donors (Lipinski definition) is 4. The molecule has 0 unspecified atom stereocenters. The van der Waals surface area contributed by atoms with Gasteiger partial charge >= 0.3 is 12.0 Å². The molecule has 0 spiro atoms. The number of hydrogen-bond acceptors (Lipinski definition) is 6. The van der Waals surface area contributed by atoms with E-state index in [4.69, 9.17) is 4.74 Å². The number of aryl methyl sites for hydroxylation is 1. The van der Waals surface area contributed by atoms with E-state index in [-0.39, 0.29) is 27.5 Å². The number of carbonyl (C=O) groups is 2. The Hall–Kier alpha value is -2.79. The Bertz CT molecular complexity index is 921. The molecular weight excluding hydrogens is 430 g/mol. The van der Waals surface area contributed by atoms with Crippen LogP contribution in [-0.2, 0) is 6.61 Å². The normalized spacial score (nSPS) is 11.3. The first-order valence-electron chi connectivity index (χ1n) is 9.58. The van der Waals surface area contributed by atoms with Crippen LogP contribution in [0.4, 0.5) is 18.6 Å². The molecule has 0 aliphatic carbocycles. The molecule has 0 bridgehead atoms. The van der Waals surface area contributed by atoms with Crippen LogP contribution in [0.25, 0.3) is 0 Å². The topological polar surface area (TPSA) is 113 Å². The molecule has 0 atom stereocenters. The van der Waals surface area contributed by atoms with Gasteiger partial charge in [-0.3, -0.25) is 5.32 Å². The van der Waals surface area contributed by atoms with E-state index < -0.39 is 30.2 Å². The monoisotopic (exact) mass is 456 g/mol. The Morgan fingerprint density at radius 3 is 2.42 bits per heavy atom. The maximum Gasteiger partial charge on any atom is 0.344 e. The highest BCUT2D eigenvalue weighted by atomic mass is 32.1. The molecule has 1 aromatic carbocycles. The van der Waals surface area contributed by atoms with Gasteiger partial charge in [0.1, 0.15) is 23.2 Å². The summed E-state index contributed by atoms with van der Waals surface area (Å²) in [4.78, 5) is 23.7. The number of carbonyl (C=O) groups excluding carboxylic acids is 1. The number of carboxylic acid groups (broad SMARTS) is 1. The molecule has 2 rings (SSSR count). The summed E-state index contributed by atoms with van der Waals surface area (Å²) in [6.45, 7) is 8.18. The lowest BCUT2D eigenvalue weighted by molar-refractivity contribution is 0.0693. The average Bonchev–Trinajstić information content (AvgIpc) is 3.02. The molecule has 31 heavy (non-hydrogen) atoms. The van der Waals surface area contributed by atoms with Gasteiger partial charge in [0.2, 0.25) is 5.88 Å². The molecule has 2 amide bonds. The highest BCUT2D eigenvalue weighted by Crippen LogP contribution is 2.31. The van der Waals surface area contributed by atoms with Crippen LogP contribution in [0.3, 0.4) is 0 Å². The average molecular weight is 457 g/mol. The van der Waals surface area contributed by atoms with E-state index in [1.54, 1.807) is 6.92 Å². The largest absolute Gasteiger partial charge is 0.477 e. The third-order valence-corrected chi connectivity index (χ3v) is 4.78. The Kier molecular flexibility index (Phi) is 8.28. The van der Waals surface area contributed by atoms with Crippen LogP contribution in [-0.4, -0.2) is 40.1 Å². The van der Waals surface area contributed by atoms with Crippen molar-refractivity contribution >= 4 is 28.5 Å². The number of nitrogens with one attached hydrogen (secondary N) is 3. The van der Waals surface area contributed by atoms with Gasteiger partial charge in [-0.15, -0.1) is 0 Å². The minimum absolute atomic E-state index is 0.0257. The molecule has 0 aliphatic heterocycles. The van der Waals surface area contributed by atoms with Gasteiger partial charge in [0.15, 0.2) is 5.56 Å². The lowest BCUT2D eigenvalue weighted by atomic mass is 10.1. The highest BCUT2D eigenvalue weighted by Gasteiger charge is 2.24. The molecule has 0 fully saturated rings. The van der Waals surface area contributed by atoms with Crippen LogP contribution in [0.15, 0.2) is 12.1 Å². The summed E-state index contributed by atoms with van der Waals surface area (Å²) >= 11 is 0.698. The van der Waals surface area contributed by atoms with Gasteiger partial charge in [0.25, 0.3) is 0 Å². The molecular formula is C20H26F2N4O4S. The first kappa shape index (κ1) is 24.5. The standard InChI is InChI=1S/C20H26F2N4O4S/c1-11-8-13(21)12(14(22)9-11)10-30-16-15(18(27)28)17(31-26-16)25-19(29)23-6-5-7-24-20(2,3)4/h8-9,24H,5-7,10H2,1-4H3,(H,27,28)(H2,23,25,29). The summed E-state index contributed by atoms with van der Waals surface area (Å²) in [5, 5.41) is 17.8. The number of urea groups is 1. The lowest BCUT2D eigenvalue weighted by Crippen LogP contribution is -2.38. The Morgan fingerprint density at radius 1 is 1.19 bits per heavy atom. The molecule has 8 nitrogen and oxygen atoms in total. The van der Waals surface area contributed by atoms with E-state index in [2.05, 4.69) is 20.3 Å².